The molecule has 13 rings (SSSR count). The second-order valence-corrected chi connectivity index (χ2v) is 18.2. The number of para-hydroxylation sites is 2. The van der Waals surface area contributed by atoms with E-state index in [0.717, 1.165) is 0 Å². The van der Waals surface area contributed by atoms with Gasteiger partial charge in [-0.3, -0.25) is 0 Å². The maximum atomic E-state index is 2.69. The van der Waals surface area contributed by atoms with Crippen LogP contribution in [0.15, 0.2) is 218 Å². The Morgan fingerprint density at radius 3 is 1.69 bits per heavy atom. The van der Waals surface area contributed by atoms with Gasteiger partial charge in [0.15, 0.2) is 0 Å². The molecule has 0 unspecified atom stereocenters. The first-order valence-corrected chi connectivity index (χ1v) is 23.2. The van der Waals surface area contributed by atoms with E-state index in [1.54, 1.807) is 0 Å². The predicted molar refractivity (Wildman–Crippen MR) is 269 cm³/mol. The van der Waals surface area contributed by atoms with Crippen LogP contribution in [0.2, 0.25) is 0 Å². The van der Waals surface area contributed by atoms with Crippen LogP contribution in [0.5, 0.6) is 0 Å². The zero-order valence-electron chi connectivity index (χ0n) is 35.9. The molecule has 4 aliphatic rings. The van der Waals surface area contributed by atoms with Crippen LogP contribution in [0, 0.1) is 0 Å². The monoisotopic (exact) mass is 818 g/mol. The Labute approximate surface area is 377 Å². The molecule has 0 saturated heterocycles. The van der Waals surface area contributed by atoms with Gasteiger partial charge in [-0.05, 0) is 116 Å². The lowest BCUT2D eigenvalue weighted by atomic mass is 9.42. The molecule has 0 radical (unpaired) electrons. The summed E-state index contributed by atoms with van der Waals surface area (Å²) in [5.74, 6) is 0.536. The molecule has 1 fully saturated rings. The number of nitrogens with zero attached hydrogens (tertiary/aromatic N) is 2. The summed E-state index contributed by atoms with van der Waals surface area (Å²) in [5.41, 5.74) is 22.7. The number of anilines is 5. The van der Waals surface area contributed by atoms with Crippen molar-refractivity contribution in [3.63, 3.8) is 0 Å². The maximum Gasteiger partial charge on any atom is 0.333 e. The zero-order valence-corrected chi connectivity index (χ0v) is 35.9. The first kappa shape index (κ1) is 37.2. The Bertz CT molecular complexity index is 3150. The van der Waals surface area contributed by atoms with E-state index in [1.165, 1.54) is 133 Å². The number of rotatable bonds is 6. The molecule has 3 aliphatic heterocycles. The van der Waals surface area contributed by atoms with Gasteiger partial charge in [-0.25, -0.2) is 0 Å². The second kappa shape index (κ2) is 14.9. The van der Waals surface area contributed by atoms with Gasteiger partial charge in [0, 0.05) is 28.3 Å². The van der Waals surface area contributed by atoms with E-state index in [1.807, 2.05) is 0 Å². The van der Waals surface area contributed by atoms with Gasteiger partial charge in [0.2, 0.25) is 0 Å². The standard InChI is InChI=1S/C61H47BN2/c1-6-19-42(20-7-1)45-33-36-50(37-34-45)64-57-40-46(43-21-8-2-9-22-43)35-38-51(57)52-39-47(44-23-10-3-11-24-44)41-58-59(52)62(64)55-31-18-30-54-60(55)63(58)56-32-17-16-29-53(56)61(54,48-25-12-4-13-26-48)49-27-14-5-15-28-49/h1-2,4-9,12-22,25-41,44H,3,10-11,23-24H2. The largest absolute Gasteiger partial charge is 0.376 e. The van der Waals surface area contributed by atoms with E-state index < -0.39 is 5.41 Å². The molecule has 0 atom stereocenters. The van der Waals surface area contributed by atoms with Crippen molar-refractivity contribution in [1.82, 2.24) is 0 Å². The Kier molecular flexibility index (Phi) is 8.66. The zero-order chi connectivity index (χ0) is 42.2. The van der Waals surface area contributed by atoms with Crippen molar-refractivity contribution < 1.29 is 0 Å². The molecule has 3 heteroatoms. The summed E-state index contributed by atoms with van der Waals surface area (Å²) in [5, 5.41) is 0. The molecule has 2 nitrogen and oxygen atoms in total. The average molecular weight is 819 g/mol. The summed E-state index contributed by atoms with van der Waals surface area (Å²) in [7, 11) is 0. The molecule has 0 aromatic heterocycles. The molecule has 0 spiro atoms. The normalized spacial score (nSPS) is 15.5. The van der Waals surface area contributed by atoms with Crippen LogP contribution in [0.3, 0.4) is 0 Å². The summed E-state index contributed by atoms with van der Waals surface area (Å²) in [6.45, 7) is -0.0905. The van der Waals surface area contributed by atoms with Gasteiger partial charge >= 0.3 is 6.85 Å². The Morgan fingerprint density at radius 2 is 1.00 bits per heavy atom. The molecule has 9 aromatic rings. The van der Waals surface area contributed by atoms with E-state index in [4.69, 9.17) is 0 Å². The van der Waals surface area contributed by atoms with Crippen molar-refractivity contribution in [2.75, 3.05) is 9.71 Å². The highest BCUT2D eigenvalue weighted by atomic mass is 15.2. The second-order valence-electron chi connectivity index (χ2n) is 18.2. The van der Waals surface area contributed by atoms with Crippen molar-refractivity contribution in [2.24, 2.45) is 0 Å². The van der Waals surface area contributed by atoms with Crippen molar-refractivity contribution in [2.45, 2.75) is 43.4 Å². The fourth-order valence-electron chi connectivity index (χ4n) is 12.1. The van der Waals surface area contributed by atoms with E-state index >= 15 is 0 Å². The van der Waals surface area contributed by atoms with Crippen LogP contribution in [0.1, 0.15) is 65.8 Å². The smallest absolute Gasteiger partial charge is 0.333 e. The van der Waals surface area contributed by atoms with Gasteiger partial charge in [-0.2, -0.15) is 0 Å². The lowest BCUT2D eigenvalue weighted by Gasteiger charge is -2.52. The highest BCUT2D eigenvalue weighted by Crippen LogP contribution is 2.59. The minimum atomic E-state index is -0.558. The van der Waals surface area contributed by atoms with Crippen LogP contribution in [-0.4, -0.2) is 6.85 Å². The molecule has 304 valence electrons. The molecular formula is C61H47BN2. The molecular weight excluding hydrogens is 771 g/mol. The molecule has 64 heavy (non-hydrogen) atoms. The van der Waals surface area contributed by atoms with Gasteiger partial charge in [0.05, 0.1) is 11.1 Å². The Balaban J connectivity index is 1.15. The summed E-state index contributed by atoms with van der Waals surface area (Å²) in [6.07, 6.45) is 6.39. The van der Waals surface area contributed by atoms with Crippen molar-refractivity contribution in [3.8, 4) is 33.4 Å². The number of benzene rings is 9. The molecule has 9 aromatic carbocycles. The SMILES string of the molecule is c1ccc(-c2ccc(N3B4c5cccc6c5N(c5ccccc5C6(c5ccccc5)c5ccccc5)c5cc(C6CCCCC6)cc(c54)-c4ccc(-c5ccccc5)cc43)cc2)cc1. The third kappa shape index (κ3) is 5.53. The summed E-state index contributed by atoms with van der Waals surface area (Å²) >= 11 is 0. The van der Waals surface area contributed by atoms with Gasteiger partial charge in [-0.1, -0.05) is 207 Å². The van der Waals surface area contributed by atoms with Crippen LogP contribution in [0.25, 0.3) is 33.4 Å². The van der Waals surface area contributed by atoms with E-state index in [0.29, 0.717) is 5.92 Å². The highest BCUT2D eigenvalue weighted by Gasteiger charge is 2.53. The minimum Gasteiger partial charge on any atom is -0.376 e. The fraction of sp³-hybridized carbons (Fsp3) is 0.115. The molecule has 1 saturated carbocycles. The van der Waals surface area contributed by atoms with Gasteiger partial charge in [-0.15, -0.1) is 0 Å². The molecule has 1 aliphatic carbocycles. The number of hydrogen-bond donors (Lipinski definition) is 0. The van der Waals surface area contributed by atoms with Crippen LogP contribution in [0.4, 0.5) is 28.4 Å². The third-order valence-corrected chi connectivity index (χ3v) is 14.9. The third-order valence-electron chi connectivity index (χ3n) is 14.9. The van der Waals surface area contributed by atoms with Crippen molar-refractivity contribution in [1.29, 1.82) is 0 Å². The van der Waals surface area contributed by atoms with Crippen LogP contribution < -0.4 is 20.6 Å². The lowest BCUT2D eigenvalue weighted by Crippen LogP contribution is -2.62. The molecule has 0 amide bonds. The Hall–Kier alpha value is -7.36. The first-order valence-electron chi connectivity index (χ1n) is 23.2. The predicted octanol–water partition coefficient (Wildman–Crippen LogP) is 14.5. The van der Waals surface area contributed by atoms with E-state index in [-0.39, 0.29) is 6.85 Å². The summed E-state index contributed by atoms with van der Waals surface area (Å²) in [6, 6.07) is 82.5. The van der Waals surface area contributed by atoms with Crippen LogP contribution >= 0.6 is 0 Å². The molecule has 3 heterocycles. The van der Waals surface area contributed by atoms with Crippen LogP contribution in [-0.2, 0) is 5.41 Å². The molecule has 0 bridgehead atoms. The average Bonchev–Trinajstić information content (AvgIpc) is 3.38. The van der Waals surface area contributed by atoms with E-state index in [2.05, 4.69) is 228 Å². The fourth-order valence-corrected chi connectivity index (χ4v) is 12.1. The maximum absolute atomic E-state index is 2.69. The van der Waals surface area contributed by atoms with Gasteiger partial charge in [0.25, 0.3) is 0 Å². The lowest BCUT2D eigenvalue weighted by molar-refractivity contribution is 0.444. The quantitative estimate of drug-likeness (QED) is 0.154. The Morgan fingerprint density at radius 1 is 0.422 bits per heavy atom. The van der Waals surface area contributed by atoms with Gasteiger partial charge < -0.3 is 9.71 Å². The minimum absolute atomic E-state index is 0.0905. The first-order chi connectivity index (χ1) is 31.8. The number of fused-ring (bicyclic) bond motifs is 6. The summed E-state index contributed by atoms with van der Waals surface area (Å²) in [4.78, 5) is 5.37. The van der Waals surface area contributed by atoms with Crippen molar-refractivity contribution >= 4 is 46.2 Å². The van der Waals surface area contributed by atoms with Crippen molar-refractivity contribution in [3.05, 3.63) is 246 Å². The topological polar surface area (TPSA) is 6.48 Å². The highest BCUT2D eigenvalue weighted by molar-refractivity contribution is 6.93. The summed E-state index contributed by atoms with van der Waals surface area (Å²) < 4.78 is 0. The molecule has 0 N–H and O–H groups in total. The number of hydrogen-bond acceptors (Lipinski definition) is 2. The van der Waals surface area contributed by atoms with Gasteiger partial charge in [0.1, 0.15) is 0 Å². The van der Waals surface area contributed by atoms with E-state index in [9.17, 15) is 0 Å².